The molecule has 3 N–H and O–H groups in total. The largest absolute Gasteiger partial charge is 0.393 e. The molecule has 1 aromatic rings. The fourth-order valence-electron chi connectivity index (χ4n) is 3.55. The lowest BCUT2D eigenvalue weighted by Gasteiger charge is -2.32. The number of likely N-dealkylation sites (tertiary alicyclic amines) is 1. The van der Waals surface area contributed by atoms with Crippen molar-refractivity contribution in [1.29, 1.82) is 0 Å². The number of nitrogens with zero attached hydrogens (tertiary/aromatic N) is 3. The second-order valence-corrected chi connectivity index (χ2v) is 6.48. The molecule has 130 valence electrons. The van der Waals surface area contributed by atoms with Crippen LogP contribution in [0, 0.1) is 17.0 Å². The molecule has 0 aromatic heterocycles. The van der Waals surface area contributed by atoms with E-state index in [1.54, 1.807) is 17.9 Å². The van der Waals surface area contributed by atoms with Crippen LogP contribution in [0.15, 0.2) is 12.1 Å². The molecular formula is C16H23N5O3. The standard InChI is InChI=1S/C16H23N5O3/c1-11-8-13(15(17)14(9-11)21(23)24)16(22)20-5-2-12(10-20)19-6-3-18-4-7-19/h8-9,12,18H,2-7,10,17H2,1H3. The Bertz CT molecular complexity index is 657. The molecule has 2 saturated heterocycles. The Balaban J connectivity index is 1.76. The van der Waals surface area contributed by atoms with Gasteiger partial charge in [-0.3, -0.25) is 19.8 Å². The number of hydrogen-bond donors (Lipinski definition) is 2. The summed E-state index contributed by atoms with van der Waals surface area (Å²) >= 11 is 0. The normalized spacial score (nSPS) is 21.9. The van der Waals surface area contributed by atoms with Gasteiger partial charge in [-0.25, -0.2) is 0 Å². The first-order valence-electron chi connectivity index (χ1n) is 8.26. The highest BCUT2D eigenvalue weighted by molar-refractivity contribution is 6.01. The van der Waals surface area contributed by atoms with Gasteiger partial charge in [0.1, 0.15) is 5.69 Å². The monoisotopic (exact) mass is 333 g/mol. The topological polar surface area (TPSA) is 105 Å². The average Bonchev–Trinajstić information content (AvgIpc) is 3.06. The van der Waals surface area contributed by atoms with Crippen molar-refractivity contribution in [3.63, 3.8) is 0 Å². The number of amides is 1. The zero-order valence-corrected chi connectivity index (χ0v) is 13.8. The molecular weight excluding hydrogens is 310 g/mol. The predicted octanol–water partition coefficient (Wildman–Crippen LogP) is 0.605. The van der Waals surface area contributed by atoms with E-state index in [-0.39, 0.29) is 22.8 Å². The van der Waals surface area contributed by atoms with Gasteiger partial charge in [0, 0.05) is 51.4 Å². The lowest BCUT2D eigenvalue weighted by Crippen LogP contribution is -2.49. The molecule has 1 amide bonds. The van der Waals surface area contributed by atoms with Gasteiger partial charge in [-0.05, 0) is 25.0 Å². The van der Waals surface area contributed by atoms with Crippen LogP contribution in [0.4, 0.5) is 11.4 Å². The number of hydrogen-bond acceptors (Lipinski definition) is 6. The number of aryl methyl sites for hydroxylation is 1. The summed E-state index contributed by atoms with van der Waals surface area (Å²) in [6.45, 7) is 6.98. The molecule has 1 unspecified atom stereocenters. The van der Waals surface area contributed by atoms with Crippen LogP contribution in [0.2, 0.25) is 0 Å². The molecule has 2 heterocycles. The van der Waals surface area contributed by atoms with Crippen LogP contribution in [0.1, 0.15) is 22.3 Å². The maximum Gasteiger partial charge on any atom is 0.293 e. The van der Waals surface area contributed by atoms with Crippen LogP contribution in [0.3, 0.4) is 0 Å². The van der Waals surface area contributed by atoms with Crippen LogP contribution in [0.25, 0.3) is 0 Å². The van der Waals surface area contributed by atoms with Gasteiger partial charge in [-0.1, -0.05) is 0 Å². The van der Waals surface area contributed by atoms with Gasteiger partial charge in [0.15, 0.2) is 0 Å². The van der Waals surface area contributed by atoms with Crippen LogP contribution in [-0.4, -0.2) is 65.9 Å². The molecule has 0 aliphatic carbocycles. The summed E-state index contributed by atoms with van der Waals surface area (Å²) in [5, 5.41) is 14.4. The Kier molecular flexibility index (Phi) is 4.68. The van der Waals surface area contributed by atoms with E-state index in [0.717, 1.165) is 32.6 Å². The molecule has 0 radical (unpaired) electrons. The lowest BCUT2D eigenvalue weighted by atomic mass is 10.1. The van der Waals surface area contributed by atoms with Crippen molar-refractivity contribution in [2.75, 3.05) is 45.0 Å². The number of piperazine rings is 1. The van der Waals surface area contributed by atoms with E-state index in [2.05, 4.69) is 10.2 Å². The Labute approximate surface area is 140 Å². The molecule has 2 aliphatic rings. The third-order valence-electron chi connectivity index (χ3n) is 4.85. The number of nitro benzene ring substituents is 1. The highest BCUT2D eigenvalue weighted by Crippen LogP contribution is 2.29. The first-order chi connectivity index (χ1) is 11.5. The van der Waals surface area contributed by atoms with Crippen molar-refractivity contribution in [1.82, 2.24) is 15.1 Å². The van der Waals surface area contributed by atoms with E-state index in [1.165, 1.54) is 6.07 Å². The third-order valence-corrected chi connectivity index (χ3v) is 4.85. The molecule has 24 heavy (non-hydrogen) atoms. The SMILES string of the molecule is Cc1cc(C(=O)N2CCC(N3CCNCC3)C2)c(N)c([N+](=O)[O-])c1. The van der Waals surface area contributed by atoms with Crippen LogP contribution in [0.5, 0.6) is 0 Å². The second kappa shape index (κ2) is 6.74. The highest BCUT2D eigenvalue weighted by atomic mass is 16.6. The van der Waals surface area contributed by atoms with Gasteiger partial charge in [0.05, 0.1) is 10.5 Å². The summed E-state index contributed by atoms with van der Waals surface area (Å²) in [5.41, 5.74) is 6.56. The first kappa shape index (κ1) is 16.7. The third kappa shape index (κ3) is 3.20. The number of nitro groups is 1. The quantitative estimate of drug-likeness (QED) is 0.477. The van der Waals surface area contributed by atoms with Gasteiger partial charge in [-0.15, -0.1) is 0 Å². The fourth-order valence-corrected chi connectivity index (χ4v) is 3.55. The van der Waals surface area contributed by atoms with Crippen molar-refractivity contribution in [2.45, 2.75) is 19.4 Å². The summed E-state index contributed by atoms with van der Waals surface area (Å²) in [7, 11) is 0. The Morgan fingerprint density at radius 1 is 1.33 bits per heavy atom. The Hall–Kier alpha value is -2.19. The second-order valence-electron chi connectivity index (χ2n) is 6.48. The maximum atomic E-state index is 12.8. The van der Waals surface area contributed by atoms with Crippen molar-refractivity contribution < 1.29 is 9.72 Å². The lowest BCUT2D eigenvalue weighted by molar-refractivity contribution is -0.384. The zero-order chi connectivity index (χ0) is 17.3. The van der Waals surface area contributed by atoms with Crippen molar-refractivity contribution in [3.8, 4) is 0 Å². The Morgan fingerprint density at radius 3 is 2.71 bits per heavy atom. The Morgan fingerprint density at radius 2 is 2.04 bits per heavy atom. The number of nitrogens with one attached hydrogen (secondary N) is 1. The molecule has 2 aliphatic heterocycles. The summed E-state index contributed by atoms with van der Waals surface area (Å²) in [5.74, 6) is -0.211. The molecule has 8 heteroatoms. The van der Waals surface area contributed by atoms with Crippen LogP contribution >= 0.6 is 0 Å². The van der Waals surface area contributed by atoms with Crippen molar-refractivity contribution in [3.05, 3.63) is 33.4 Å². The number of carbonyl (C=O) groups is 1. The molecule has 1 atom stereocenters. The number of carbonyl (C=O) groups excluding carboxylic acids is 1. The zero-order valence-electron chi connectivity index (χ0n) is 13.8. The summed E-state index contributed by atoms with van der Waals surface area (Å²) < 4.78 is 0. The van der Waals surface area contributed by atoms with Gasteiger partial charge in [-0.2, -0.15) is 0 Å². The number of rotatable bonds is 3. The van der Waals surface area contributed by atoms with Gasteiger partial charge < -0.3 is 16.0 Å². The average molecular weight is 333 g/mol. The number of nitrogens with two attached hydrogens (primary N) is 1. The van der Waals surface area contributed by atoms with Gasteiger partial charge in [0.25, 0.3) is 11.6 Å². The summed E-state index contributed by atoms with van der Waals surface area (Å²) in [6.07, 6.45) is 0.930. The minimum atomic E-state index is -0.535. The highest BCUT2D eigenvalue weighted by Gasteiger charge is 2.33. The van der Waals surface area contributed by atoms with E-state index in [0.29, 0.717) is 24.7 Å². The molecule has 0 spiro atoms. The van der Waals surface area contributed by atoms with E-state index in [4.69, 9.17) is 5.73 Å². The summed E-state index contributed by atoms with van der Waals surface area (Å²) in [4.78, 5) is 27.6. The molecule has 1 aromatic carbocycles. The molecule has 8 nitrogen and oxygen atoms in total. The number of nitrogen functional groups attached to an aromatic ring is 1. The van der Waals surface area contributed by atoms with Crippen molar-refractivity contribution >= 4 is 17.3 Å². The molecule has 0 bridgehead atoms. The first-order valence-corrected chi connectivity index (χ1v) is 8.26. The summed E-state index contributed by atoms with van der Waals surface area (Å²) in [6, 6.07) is 3.40. The molecule has 2 fully saturated rings. The smallest absolute Gasteiger partial charge is 0.293 e. The van der Waals surface area contributed by atoms with Crippen LogP contribution < -0.4 is 11.1 Å². The minimum absolute atomic E-state index is 0.0405. The van der Waals surface area contributed by atoms with E-state index >= 15 is 0 Å². The van der Waals surface area contributed by atoms with Crippen LogP contribution in [-0.2, 0) is 0 Å². The number of benzene rings is 1. The van der Waals surface area contributed by atoms with E-state index < -0.39 is 4.92 Å². The molecule has 0 saturated carbocycles. The maximum absolute atomic E-state index is 12.8. The van der Waals surface area contributed by atoms with Gasteiger partial charge >= 0.3 is 0 Å². The van der Waals surface area contributed by atoms with Crippen molar-refractivity contribution in [2.24, 2.45) is 0 Å². The molecule has 3 rings (SSSR count). The predicted molar refractivity (Wildman–Crippen MR) is 91.0 cm³/mol. The number of anilines is 1. The minimum Gasteiger partial charge on any atom is -0.393 e. The van der Waals surface area contributed by atoms with Gasteiger partial charge in [0.2, 0.25) is 0 Å². The fraction of sp³-hybridized carbons (Fsp3) is 0.562. The van der Waals surface area contributed by atoms with E-state index in [1.807, 2.05) is 0 Å². The van der Waals surface area contributed by atoms with E-state index in [9.17, 15) is 14.9 Å².